The van der Waals surface area contributed by atoms with Crippen LogP contribution in [0.5, 0.6) is 5.75 Å². The van der Waals surface area contributed by atoms with Crippen molar-refractivity contribution >= 4 is 5.91 Å². The van der Waals surface area contributed by atoms with Gasteiger partial charge < -0.3 is 15.0 Å². The van der Waals surface area contributed by atoms with Crippen molar-refractivity contribution in [2.75, 3.05) is 26.7 Å². The molecule has 1 aromatic carbocycles. The van der Waals surface area contributed by atoms with Crippen LogP contribution in [0.3, 0.4) is 0 Å². The van der Waals surface area contributed by atoms with E-state index in [0.717, 1.165) is 35.8 Å². The number of nitrogens with zero attached hydrogens (tertiary/aromatic N) is 1. The summed E-state index contributed by atoms with van der Waals surface area (Å²) in [4.78, 5) is 14.5. The van der Waals surface area contributed by atoms with Gasteiger partial charge in [0.2, 0.25) is 0 Å². The van der Waals surface area contributed by atoms with Crippen molar-refractivity contribution in [2.24, 2.45) is 5.92 Å². The van der Waals surface area contributed by atoms with Gasteiger partial charge in [-0.3, -0.25) is 4.79 Å². The Morgan fingerprint density at radius 2 is 1.87 bits per heavy atom. The molecule has 1 aliphatic rings. The molecule has 1 saturated heterocycles. The lowest BCUT2D eigenvalue weighted by molar-refractivity contribution is -0.127. The molecule has 1 heterocycles. The van der Waals surface area contributed by atoms with Gasteiger partial charge >= 0.3 is 0 Å². The van der Waals surface area contributed by atoms with Crippen LogP contribution in [0.25, 0.3) is 0 Å². The van der Waals surface area contributed by atoms with Gasteiger partial charge in [0, 0.05) is 6.54 Å². The molecule has 128 valence electrons. The maximum Gasteiger partial charge on any atom is 0.260 e. The number of piperidine rings is 1. The van der Waals surface area contributed by atoms with Crippen LogP contribution in [0.4, 0.5) is 0 Å². The van der Waals surface area contributed by atoms with Crippen molar-refractivity contribution in [1.29, 1.82) is 0 Å². The molecule has 4 nitrogen and oxygen atoms in total. The third-order valence-electron chi connectivity index (χ3n) is 4.57. The van der Waals surface area contributed by atoms with Gasteiger partial charge in [-0.1, -0.05) is 6.07 Å². The topological polar surface area (TPSA) is 41.6 Å². The third-order valence-corrected chi connectivity index (χ3v) is 4.57. The smallest absolute Gasteiger partial charge is 0.260 e. The van der Waals surface area contributed by atoms with Gasteiger partial charge in [0.25, 0.3) is 5.91 Å². The number of carbonyl (C=O) groups excluding carboxylic acids is 1. The van der Waals surface area contributed by atoms with Crippen LogP contribution in [0, 0.1) is 19.8 Å². The highest BCUT2D eigenvalue weighted by atomic mass is 16.5. The highest BCUT2D eigenvalue weighted by Gasteiger charge is 2.18. The van der Waals surface area contributed by atoms with Gasteiger partial charge in [0.05, 0.1) is 0 Å². The molecule has 1 atom stereocenters. The van der Waals surface area contributed by atoms with Crippen molar-refractivity contribution in [3.05, 3.63) is 29.3 Å². The highest BCUT2D eigenvalue weighted by Crippen LogP contribution is 2.19. The van der Waals surface area contributed by atoms with Gasteiger partial charge in [-0.25, -0.2) is 0 Å². The first kappa shape index (κ1) is 17.8. The lowest BCUT2D eigenvalue weighted by Gasteiger charge is -2.29. The number of hydrogen-bond donors (Lipinski definition) is 1. The molecular weight excluding hydrogens is 288 g/mol. The van der Waals surface area contributed by atoms with Gasteiger partial charge in [-0.05, 0) is 89.3 Å². The Morgan fingerprint density at radius 1 is 1.26 bits per heavy atom. The van der Waals surface area contributed by atoms with E-state index >= 15 is 0 Å². The molecule has 1 fully saturated rings. The van der Waals surface area contributed by atoms with Crippen molar-refractivity contribution in [3.8, 4) is 5.75 Å². The summed E-state index contributed by atoms with van der Waals surface area (Å²) >= 11 is 0. The van der Waals surface area contributed by atoms with Crippen molar-refractivity contribution < 1.29 is 9.53 Å². The van der Waals surface area contributed by atoms with Crippen LogP contribution in [0.1, 0.15) is 37.3 Å². The molecule has 0 saturated carbocycles. The molecule has 2 rings (SSSR count). The number of likely N-dealkylation sites (tertiary alicyclic amines) is 1. The summed E-state index contributed by atoms with van der Waals surface area (Å²) in [6.45, 7) is 8.96. The van der Waals surface area contributed by atoms with E-state index in [0.29, 0.717) is 0 Å². The molecule has 0 unspecified atom stereocenters. The van der Waals surface area contributed by atoms with Crippen LogP contribution in [0.2, 0.25) is 0 Å². The SMILES string of the molecule is Cc1cc(C)cc(O[C@@H](C)C(=O)NCCC2CCN(C)CC2)c1. The average molecular weight is 318 g/mol. The second kappa shape index (κ2) is 8.34. The fourth-order valence-electron chi connectivity index (χ4n) is 3.15. The second-order valence-electron chi connectivity index (χ2n) is 6.91. The molecule has 0 aromatic heterocycles. The third kappa shape index (κ3) is 5.87. The van der Waals surface area contributed by atoms with Crippen molar-refractivity contribution in [2.45, 2.75) is 46.1 Å². The Kier molecular flexibility index (Phi) is 6.46. The number of nitrogens with one attached hydrogen (secondary N) is 1. The monoisotopic (exact) mass is 318 g/mol. The number of hydrogen-bond acceptors (Lipinski definition) is 3. The number of aryl methyl sites for hydroxylation is 2. The minimum absolute atomic E-state index is 0.0305. The number of benzene rings is 1. The van der Waals surface area contributed by atoms with Crippen LogP contribution in [-0.2, 0) is 4.79 Å². The summed E-state index contributed by atoms with van der Waals surface area (Å²) in [6, 6.07) is 6.03. The molecule has 0 bridgehead atoms. The molecule has 0 radical (unpaired) electrons. The molecule has 1 amide bonds. The molecule has 4 heteroatoms. The van der Waals surface area contributed by atoms with E-state index in [9.17, 15) is 4.79 Å². The average Bonchev–Trinajstić information content (AvgIpc) is 2.48. The Balaban J connectivity index is 1.72. The van der Waals surface area contributed by atoms with Crippen LogP contribution >= 0.6 is 0 Å². The zero-order valence-corrected chi connectivity index (χ0v) is 14.9. The first-order valence-corrected chi connectivity index (χ1v) is 8.65. The fraction of sp³-hybridized carbons (Fsp3) is 0.632. The minimum Gasteiger partial charge on any atom is -0.481 e. The van der Waals surface area contributed by atoms with Gasteiger partial charge in [0.1, 0.15) is 5.75 Å². The van der Waals surface area contributed by atoms with E-state index < -0.39 is 6.10 Å². The normalized spacial score (nSPS) is 17.7. The molecule has 1 N–H and O–H groups in total. The molecule has 1 aliphatic heterocycles. The molecule has 0 aliphatic carbocycles. The molecule has 0 spiro atoms. The number of amides is 1. The summed E-state index contributed by atoms with van der Waals surface area (Å²) in [5, 5.41) is 3.01. The molecular formula is C19H30N2O2. The van der Waals surface area contributed by atoms with Crippen LogP contribution < -0.4 is 10.1 Å². The van der Waals surface area contributed by atoms with E-state index in [1.165, 1.54) is 25.9 Å². The molecule has 1 aromatic rings. The predicted molar refractivity (Wildman–Crippen MR) is 93.9 cm³/mol. The zero-order valence-electron chi connectivity index (χ0n) is 14.9. The summed E-state index contributed by atoms with van der Waals surface area (Å²) in [7, 11) is 2.17. The quantitative estimate of drug-likeness (QED) is 0.877. The number of rotatable bonds is 6. The van der Waals surface area contributed by atoms with Crippen LogP contribution in [-0.4, -0.2) is 43.6 Å². The minimum atomic E-state index is -0.464. The Hall–Kier alpha value is -1.55. The first-order chi connectivity index (χ1) is 10.9. The van der Waals surface area contributed by atoms with E-state index in [1.807, 2.05) is 32.9 Å². The van der Waals surface area contributed by atoms with E-state index in [4.69, 9.17) is 4.74 Å². The Morgan fingerprint density at radius 3 is 2.48 bits per heavy atom. The summed E-state index contributed by atoms with van der Waals surface area (Å²) < 4.78 is 5.78. The molecule has 23 heavy (non-hydrogen) atoms. The van der Waals surface area contributed by atoms with Gasteiger partial charge in [-0.15, -0.1) is 0 Å². The summed E-state index contributed by atoms with van der Waals surface area (Å²) in [6.07, 6.45) is 3.08. The Labute approximate surface area is 140 Å². The maximum absolute atomic E-state index is 12.2. The zero-order chi connectivity index (χ0) is 16.8. The van der Waals surface area contributed by atoms with Gasteiger partial charge in [-0.2, -0.15) is 0 Å². The van der Waals surface area contributed by atoms with Crippen molar-refractivity contribution in [1.82, 2.24) is 10.2 Å². The van der Waals surface area contributed by atoms with Gasteiger partial charge in [0.15, 0.2) is 6.10 Å². The summed E-state index contributed by atoms with van der Waals surface area (Å²) in [5.41, 5.74) is 2.30. The number of ether oxygens (including phenoxy) is 1. The Bertz CT molecular complexity index is 502. The number of carbonyl (C=O) groups is 1. The second-order valence-corrected chi connectivity index (χ2v) is 6.91. The van der Waals surface area contributed by atoms with E-state index in [-0.39, 0.29) is 5.91 Å². The lowest BCUT2D eigenvalue weighted by Crippen LogP contribution is -2.38. The largest absolute Gasteiger partial charge is 0.481 e. The summed E-state index contributed by atoms with van der Waals surface area (Å²) in [5.74, 6) is 1.47. The van der Waals surface area contributed by atoms with Crippen LogP contribution in [0.15, 0.2) is 18.2 Å². The van der Waals surface area contributed by atoms with E-state index in [2.05, 4.69) is 23.3 Å². The lowest BCUT2D eigenvalue weighted by atomic mass is 9.94. The van der Waals surface area contributed by atoms with Crippen molar-refractivity contribution in [3.63, 3.8) is 0 Å². The first-order valence-electron chi connectivity index (χ1n) is 8.65. The maximum atomic E-state index is 12.2. The predicted octanol–water partition coefficient (Wildman–Crippen LogP) is 2.92. The van der Waals surface area contributed by atoms with E-state index in [1.54, 1.807) is 0 Å². The highest BCUT2D eigenvalue weighted by molar-refractivity contribution is 5.80. The fourth-order valence-corrected chi connectivity index (χ4v) is 3.15. The standard InChI is InChI=1S/C19H30N2O2/c1-14-11-15(2)13-18(12-14)23-16(3)19(22)20-8-5-17-6-9-21(4)10-7-17/h11-13,16-17H,5-10H2,1-4H3,(H,20,22)/t16-/m0/s1.